The van der Waals surface area contributed by atoms with Gasteiger partial charge < -0.3 is 34.3 Å². The SMILES string of the molecule is CCCCCCCCCCCCCCCC(=O)OCC(CO[C@H]1O[C@H](CS(=O)(=O)O)[C@@H](O)[C@H](O)[C@H]1O)OC(=O)CCCCCCCCCCCCC. The minimum Gasteiger partial charge on any atom is -0.462 e. The highest BCUT2D eigenvalue weighted by Gasteiger charge is 2.46. The zero-order valence-corrected chi connectivity index (χ0v) is 33.2. The molecule has 0 spiro atoms. The van der Waals surface area contributed by atoms with Crippen LogP contribution in [0.25, 0.3) is 0 Å². The summed E-state index contributed by atoms with van der Waals surface area (Å²) in [6.07, 6.45) is 18.7. The van der Waals surface area contributed by atoms with Crippen molar-refractivity contribution < 1.29 is 56.8 Å². The lowest BCUT2D eigenvalue weighted by Gasteiger charge is -2.40. The second kappa shape index (κ2) is 30.9. The third-order valence-corrected chi connectivity index (χ3v) is 10.4. The highest BCUT2D eigenvalue weighted by Crippen LogP contribution is 2.24. The number of aliphatic hydroxyl groups excluding tert-OH is 3. The summed E-state index contributed by atoms with van der Waals surface area (Å²) >= 11 is 0. The predicted molar refractivity (Wildman–Crippen MR) is 201 cm³/mol. The van der Waals surface area contributed by atoms with Crippen LogP contribution in [0.5, 0.6) is 0 Å². The summed E-state index contributed by atoms with van der Waals surface area (Å²) < 4.78 is 53.8. The Morgan fingerprint density at radius 1 is 0.577 bits per heavy atom. The minimum absolute atomic E-state index is 0.171. The number of aliphatic hydroxyl groups is 3. The molecule has 308 valence electrons. The Balaban J connectivity index is 2.49. The Morgan fingerprint density at radius 3 is 1.40 bits per heavy atom. The van der Waals surface area contributed by atoms with Gasteiger partial charge in [-0.1, -0.05) is 155 Å². The van der Waals surface area contributed by atoms with Crippen LogP contribution in [0.1, 0.15) is 181 Å². The molecule has 1 rings (SSSR count). The zero-order chi connectivity index (χ0) is 38.5. The zero-order valence-electron chi connectivity index (χ0n) is 32.4. The van der Waals surface area contributed by atoms with Gasteiger partial charge in [-0.2, -0.15) is 8.42 Å². The molecule has 0 aromatic heterocycles. The maximum Gasteiger partial charge on any atom is 0.306 e. The normalized spacial score (nSPS) is 21.2. The van der Waals surface area contributed by atoms with Crippen LogP contribution in [0.15, 0.2) is 0 Å². The van der Waals surface area contributed by atoms with Crippen LogP contribution in [0, 0.1) is 0 Å². The second-order valence-corrected chi connectivity index (χ2v) is 16.2. The molecular weight excluding hydrogens is 692 g/mol. The molecule has 1 unspecified atom stereocenters. The van der Waals surface area contributed by atoms with E-state index >= 15 is 0 Å². The van der Waals surface area contributed by atoms with E-state index in [0.717, 1.165) is 38.5 Å². The molecule has 4 N–H and O–H groups in total. The summed E-state index contributed by atoms with van der Waals surface area (Å²) in [5.74, 6) is -1.97. The average Bonchev–Trinajstić information content (AvgIpc) is 3.10. The van der Waals surface area contributed by atoms with Gasteiger partial charge >= 0.3 is 11.9 Å². The Kier molecular flexibility index (Phi) is 28.9. The molecule has 0 saturated carbocycles. The first-order valence-electron chi connectivity index (χ1n) is 20.6. The number of hydrogen-bond donors (Lipinski definition) is 4. The molecule has 6 atom stereocenters. The van der Waals surface area contributed by atoms with Gasteiger partial charge in [0.25, 0.3) is 10.1 Å². The van der Waals surface area contributed by atoms with Crippen LogP contribution in [-0.2, 0) is 38.7 Å². The molecule has 0 amide bonds. The Hall–Kier alpha value is -1.35. The monoisotopic (exact) mass is 766 g/mol. The summed E-state index contributed by atoms with van der Waals surface area (Å²) in [6, 6.07) is 0. The molecular formula is C39H74O12S. The number of esters is 2. The first kappa shape index (κ1) is 48.7. The van der Waals surface area contributed by atoms with Crippen molar-refractivity contribution in [1.82, 2.24) is 0 Å². The molecule has 1 aliphatic rings. The van der Waals surface area contributed by atoms with E-state index in [1.165, 1.54) is 103 Å². The van der Waals surface area contributed by atoms with E-state index in [1.54, 1.807) is 0 Å². The van der Waals surface area contributed by atoms with E-state index in [1.807, 2.05) is 0 Å². The van der Waals surface area contributed by atoms with Crippen LogP contribution in [-0.4, -0.2) is 96.0 Å². The lowest BCUT2D eigenvalue weighted by atomic mass is 10.00. The number of ether oxygens (including phenoxy) is 4. The van der Waals surface area contributed by atoms with Crippen LogP contribution >= 0.6 is 0 Å². The average molecular weight is 767 g/mol. The smallest absolute Gasteiger partial charge is 0.306 e. The molecule has 0 aliphatic carbocycles. The third kappa shape index (κ3) is 25.6. The van der Waals surface area contributed by atoms with Crippen molar-refractivity contribution in [2.24, 2.45) is 0 Å². The summed E-state index contributed by atoms with van der Waals surface area (Å²) in [4.78, 5) is 25.2. The largest absolute Gasteiger partial charge is 0.462 e. The van der Waals surface area contributed by atoms with E-state index in [9.17, 15) is 37.9 Å². The Morgan fingerprint density at radius 2 is 0.981 bits per heavy atom. The summed E-state index contributed by atoms with van der Waals surface area (Å²) in [6.45, 7) is 3.74. The van der Waals surface area contributed by atoms with Crippen molar-refractivity contribution in [3.63, 3.8) is 0 Å². The van der Waals surface area contributed by atoms with Gasteiger partial charge in [0, 0.05) is 12.8 Å². The van der Waals surface area contributed by atoms with Crippen LogP contribution < -0.4 is 0 Å². The van der Waals surface area contributed by atoms with Crippen LogP contribution in [0.3, 0.4) is 0 Å². The van der Waals surface area contributed by atoms with Crippen molar-refractivity contribution in [2.45, 2.75) is 218 Å². The van der Waals surface area contributed by atoms with Crippen molar-refractivity contribution in [3.8, 4) is 0 Å². The number of unbranched alkanes of at least 4 members (excludes halogenated alkanes) is 22. The molecule has 1 saturated heterocycles. The number of carbonyl (C=O) groups excluding carboxylic acids is 2. The number of rotatable bonds is 34. The van der Waals surface area contributed by atoms with Gasteiger partial charge in [-0.05, 0) is 12.8 Å². The van der Waals surface area contributed by atoms with Gasteiger partial charge in [-0.25, -0.2) is 0 Å². The van der Waals surface area contributed by atoms with Gasteiger partial charge in [-0.3, -0.25) is 14.1 Å². The van der Waals surface area contributed by atoms with E-state index in [0.29, 0.717) is 12.8 Å². The minimum atomic E-state index is -4.59. The number of hydrogen-bond acceptors (Lipinski definition) is 11. The summed E-state index contributed by atoms with van der Waals surface area (Å²) in [5, 5.41) is 30.8. The molecule has 12 nitrogen and oxygen atoms in total. The highest BCUT2D eigenvalue weighted by molar-refractivity contribution is 7.85. The molecule has 13 heteroatoms. The van der Waals surface area contributed by atoms with Crippen molar-refractivity contribution >= 4 is 22.1 Å². The summed E-state index contributed by atoms with van der Waals surface area (Å²) in [7, 11) is -4.59. The Bertz CT molecular complexity index is 994. The van der Waals surface area contributed by atoms with Gasteiger partial charge in [-0.15, -0.1) is 0 Å². The van der Waals surface area contributed by atoms with E-state index in [-0.39, 0.29) is 19.4 Å². The molecule has 1 heterocycles. The topological polar surface area (TPSA) is 186 Å². The second-order valence-electron chi connectivity index (χ2n) is 14.7. The quantitative estimate of drug-likeness (QED) is 0.0291. The fourth-order valence-electron chi connectivity index (χ4n) is 6.44. The molecule has 1 fully saturated rings. The lowest BCUT2D eigenvalue weighted by Crippen LogP contribution is -2.60. The first-order valence-corrected chi connectivity index (χ1v) is 22.2. The molecule has 1 aliphatic heterocycles. The van der Waals surface area contributed by atoms with Crippen molar-refractivity contribution in [1.29, 1.82) is 0 Å². The third-order valence-electron chi connectivity index (χ3n) is 9.69. The van der Waals surface area contributed by atoms with Gasteiger partial charge in [0.05, 0.1) is 6.61 Å². The predicted octanol–water partition coefficient (Wildman–Crippen LogP) is 7.34. The molecule has 0 bridgehead atoms. The highest BCUT2D eigenvalue weighted by atomic mass is 32.2. The first-order chi connectivity index (χ1) is 25.0. The fraction of sp³-hybridized carbons (Fsp3) is 0.949. The summed E-state index contributed by atoms with van der Waals surface area (Å²) in [5.41, 5.74) is 0. The van der Waals surface area contributed by atoms with Crippen LogP contribution in [0.2, 0.25) is 0 Å². The number of carbonyl (C=O) groups is 2. The van der Waals surface area contributed by atoms with Crippen molar-refractivity contribution in [2.75, 3.05) is 19.0 Å². The van der Waals surface area contributed by atoms with E-state index < -0.39 is 71.2 Å². The molecule has 52 heavy (non-hydrogen) atoms. The van der Waals surface area contributed by atoms with Gasteiger partial charge in [0.15, 0.2) is 12.4 Å². The van der Waals surface area contributed by atoms with Crippen LogP contribution in [0.4, 0.5) is 0 Å². The Labute approximate surface area is 314 Å². The van der Waals surface area contributed by atoms with E-state index in [2.05, 4.69) is 13.8 Å². The lowest BCUT2D eigenvalue weighted by molar-refractivity contribution is -0.297. The maximum absolute atomic E-state index is 12.7. The van der Waals surface area contributed by atoms with E-state index in [4.69, 9.17) is 18.9 Å². The molecule has 0 radical (unpaired) electrons. The van der Waals surface area contributed by atoms with Gasteiger partial charge in [0.2, 0.25) is 0 Å². The van der Waals surface area contributed by atoms with Gasteiger partial charge in [0.1, 0.15) is 36.8 Å². The molecule has 0 aromatic carbocycles. The fourth-order valence-corrected chi connectivity index (χ4v) is 7.13. The molecule has 0 aromatic rings. The maximum atomic E-state index is 12.7. The standard InChI is InChI=1S/C39H74O12S/c1-3-5-7-9-11-13-15-16-18-19-21-23-25-27-34(40)48-29-32(50-35(41)28-26-24-22-20-17-14-12-10-8-6-4-2)30-49-39-38(44)37(43)36(42)33(51-39)31-52(45,46)47/h32-33,36-39,42-44H,3-31H2,1-2H3,(H,45,46,47)/t32?,33-,36-,37+,38-,39+/m1/s1. The van der Waals surface area contributed by atoms with Crippen molar-refractivity contribution in [3.05, 3.63) is 0 Å².